The second-order valence-electron chi connectivity index (χ2n) is 6.08. The summed E-state index contributed by atoms with van der Waals surface area (Å²) in [6, 6.07) is 9.10. The molecule has 0 aliphatic rings. The summed E-state index contributed by atoms with van der Waals surface area (Å²) in [6.45, 7) is 0.243. The van der Waals surface area contributed by atoms with Gasteiger partial charge in [-0.3, -0.25) is 0 Å². The summed E-state index contributed by atoms with van der Waals surface area (Å²) in [4.78, 5) is 11.7. The minimum Gasteiger partial charge on any atom is -0.338 e. The Bertz CT molecular complexity index is 736. The molecule has 0 spiro atoms. The van der Waals surface area contributed by atoms with E-state index in [1.54, 1.807) is 0 Å². The van der Waals surface area contributed by atoms with Crippen molar-refractivity contribution in [2.45, 2.75) is 25.2 Å². The molecule has 152 valence electrons. The van der Waals surface area contributed by atoms with Gasteiger partial charge in [0, 0.05) is 13.1 Å². The van der Waals surface area contributed by atoms with Crippen LogP contribution in [0.1, 0.15) is 22.3 Å². The van der Waals surface area contributed by atoms with Crippen LogP contribution in [0.4, 0.5) is 31.1 Å². The molecule has 0 aliphatic carbocycles. The van der Waals surface area contributed by atoms with Gasteiger partial charge in [0.25, 0.3) is 0 Å². The zero-order valence-corrected chi connectivity index (χ0v) is 14.6. The van der Waals surface area contributed by atoms with E-state index >= 15 is 0 Å². The van der Waals surface area contributed by atoms with Gasteiger partial charge in [-0.2, -0.15) is 26.3 Å². The van der Waals surface area contributed by atoms with Crippen molar-refractivity contribution in [1.82, 2.24) is 10.6 Å². The third kappa shape index (κ3) is 6.79. The van der Waals surface area contributed by atoms with E-state index in [-0.39, 0.29) is 25.9 Å². The second-order valence-corrected chi connectivity index (χ2v) is 6.08. The standard InChI is InChI=1S/C19H18F6N2O/c20-18(21,22)15-5-1-3-13(11-15)7-9-26-17(28)27-10-8-14-4-2-6-16(12-14)19(23,24)25/h1-6,11-12H,7-10H2,(H2,26,27,28). The zero-order chi connectivity index (χ0) is 20.8. The minimum atomic E-state index is -4.43. The highest BCUT2D eigenvalue weighted by molar-refractivity contribution is 5.73. The first kappa shape index (κ1) is 21.6. The average Bonchev–Trinajstić information content (AvgIpc) is 2.61. The van der Waals surface area contributed by atoms with Gasteiger partial charge in [0.05, 0.1) is 11.1 Å². The highest BCUT2D eigenvalue weighted by Gasteiger charge is 2.31. The monoisotopic (exact) mass is 404 g/mol. The number of urea groups is 1. The molecule has 0 aromatic heterocycles. The van der Waals surface area contributed by atoms with Crippen LogP contribution < -0.4 is 10.6 Å². The van der Waals surface area contributed by atoms with Crippen molar-refractivity contribution in [2.75, 3.05) is 13.1 Å². The van der Waals surface area contributed by atoms with Gasteiger partial charge in [-0.1, -0.05) is 36.4 Å². The lowest BCUT2D eigenvalue weighted by Gasteiger charge is -2.11. The predicted molar refractivity (Wildman–Crippen MR) is 91.7 cm³/mol. The van der Waals surface area contributed by atoms with Gasteiger partial charge < -0.3 is 10.6 Å². The van der Waals surface area contributed by atoms with Crippen LogP contribution in [0.5, 0.6) is 0 Å². The minimum absolute atomic E-state index is 0.122. The summed E-state index contributed by atoms with van der Waals surface area (Å²) >= 11 is 0. The Labute approximate surface area is 157 Å². The number of alkyl halides is 6. The van der Waals surface area contributed by atoms with Gasteiger partial charge in [-0.15, -0.1) is 0 Å². The van der Waals surface area contributed by atoms with Crippen LogP contribution in [-0.2, 0) is 25.2 Å². The number of nitrogens with one attached hydrogen (secondary N) is 2. The molecule has 9 heteroatoms. The SMILES string of the molecule is O=C(NCCc1cccc(C(F)(F)F)c1)NCCc1cccc(C(F)(F)F)c1. The van der Waals surface area contributed by atoms with Crippen molar-refractivity contribution in [3.8, 4) is 0 Å². The molecule has 0 saturated carbocycles. The third-order valence-electron chi connectivity index (χ3n) is 3.91. The number of halogens is 6. The fraction of sp³-hybridized carbons (Fsp3) is 0.316. The van der Waals surface area contributed by atoms with Crippen molar-refractivity contribution in [1.29, 1.82) is 0 Å². The Balaban J connectivity index is 1.74. The molecule has 3 nitrogen and oxygen atoms in total. The van der Waals surface area contributed by atoms with E-state index in [1.807, 2.05) is 0 Å². The lowest BCUT2D eigenvalue weighted by molar-refractivity contribution is -0.138. The van der Waals surface area contributed by atoms with Gasteiger partial charge in [0.15, 0.2) is 0 Å². The molecular weight excluding hydrogens is 386 g/mol. The molecule has 0 aliphatic heterocycles. The Morgan fingerprint density at radius 2 is 1.11 bits per heavy atom. The Kier molecular flexibility index (Phi) is 6.93. The van der Waals surface area contributed by atoms with E-state index in [2.05, 4.69) is 10.6 Å². The number of carbonyl (C=O) groups excluding carboxylic acids is 1. The predicted octanol–water partition coefficient (Wildman–Crippen LogP) is 4.81. The average molecular weight is 404 g/mol. The number of benzene rings is 2. The van der Waals surface area contributed by atoms with E-state index in [0.29, 0.717) is 11.1 Å². The number of amides is 2. The van der Waals surface area contributed by atoms with E-state index in [9.17, 15) is 31.1 Å². The Morgan fingerprint density at radius 1 is 0.714 bits per heavy atom. The number of hydrogen-bond acceptors (Lipinski definition) is 1. The van der Waals surface area contributed by atoms with Crippen LogP contribution in [0.2, 0.25) is 0 Å². The molecule has 28 heavy (non-hydrogen) atoms. The molecule has 0 bridgehead atoms. The molecule has 0 radical (unpaired) electrons. The van der Waals surface area contributed by atoms with Crippen molar-refractivity contribution in [3.05, 3.63) is 70.8 Å². The fourth-order valence-corrected chi connectivity index (χ4v) is 2.51. The van der Waals surface area contributed by atoms with Crippen LogP contribution >= 0.6 is 0 Å². The first-order valence-electron chi connectivity index (χ1n) is 8.39. The fourth-order valence-electron chi connectivity index (χ4n) is 2.51. The van der Waals surface area contributed by atoms with Gasteiger partial charge in [0.2, 0.25) is 0 Å². The molecule has 0 heterocycles. The molecule has 0 unspecified atom stereocenters. The van der Waals surface area contributed by atoms with Crippen molar-refractivity contribution < 1.29 is 31.1 Å². The lowest BCUT2D eigenvalue weighted by Crippen LogP contribution is -2.37. The van der Waals surface area contributed by atoms with Crippen molar-refractivity contribution in [3.63, 3.8) is 0 Å². The maximum Gasteiger partial charge on any atom is 0.416 e. The van der Waals surface area contributed by atoms with E-state index in [0.717, 1.165) is 24.3 Å². The third-order valence-corrected chi connectivity index (χ3v) is 3.91. The Hall–Kier alpha value is -2.71. The molecule has 2 N–H and O–H groups in total. The maximum atomic E-state index is 12.6. The zero-order valence-electron chi connectivity index (χ0n) is 14.6. The number of carbonyl (C=O) groups is 1. The normalized spacial score (nSPS) is 11.9. The van der Waals surface area contributed by atoms with Gasteiger partial charge in [-0.05, 0) is 36.1 Å². The largest absolute Gasteiger partial charge is 0.416 e. The molecule has 0 saturated heterocycles. The summed E-state index contributed by atoms with van der Waals surface area (Å²) < 4.78 is 75.9. The highest BCUT2D eigenvalue weighted by Crippen LogP contribution is 2.30. The van der Waals surface area contributed by atoms with Crippen LogP contribution in [-0.4, -0.2) is 19.1 Å². The highest BCUT2D eigenvalue weighted by atomic mass is 19.4. The topological polar surface area (TPSA) is 41.1 Å². The smallest absolute Gasteiger partial charge is 0.338 e. The van der Waals surface area contributed by atoms with E-state index in [4.69, 9.17) is 0 Å². The summed E-state index contributed by atoms with van der Waals surface area (Å²) in [5.74, 6) is 0. The van der Waals surface area contributed by atoms with Gasteiger partial charge in [-0.25, -0.2) is 4.79 Å². The van der Waals surface area contributed by atoms with Crippen LogP contribution in [0.25, 0.3) is 0 Å². The summed E-state index contributed by atoms with van der Waals surface area (Å²) in [6.07, 6.45) is -8.43. The van der Waals surface area contributed by atoms with Gasteiger partial charge in [0.1, 0.15) is 0 Å². The summed E-state index contributed by atoms with van der Waals surface area (Å²) in [5.41, 5.74) is -0.649. The van der Waals surface area contributed by atoms with Crippen LogP contribution in [0.3, 0.4) is 0 Å². The van der Waals surface area contributed by atoms with Crippen LogP contribution in [0, 0.1) is 0 Å². The van der Waals surface area contributed by atoms with Crippen molar-refractivity contribution in [2.24, 2.45) is 0 Å². The number of rotatable bonds is 6. The number of hydrogen-bond donors (Lipinski definition) is 2. The Morgan fingerprint density at radius 3 is 1.46 bits per heavy atom. The molecule has 0 atom stereocenters. The van der Waals surface area contributed by atoms with Gasteiger partial charge >= 0.3 is 18.4 Å². The first-order chi connectivity index (χ1) is 13.1. The molecule has 2 aromatic carbocycles. The molecule has 2 aromatic rings. The quantitative estimate of drug-likeness (QED) is 0.667. The maximum absolute atomic E-state index is 12.6. The molecule has 0 fully saturated rings. The van der Waals surface area contributed by atoms with Crippen LogP contribution in [0.15, 0.2) is 48.5 Å². The van der Waals surface area contributed by atoms with E-state index < -0.39 is 29.5 Å². The summed E-state index contributed by atoms with van der Waals surface area (Å²) in [7, 11) is 0. The van der Waals surface area contributed by atoms with Crippen molar-refractivity contribution >= 4 is 6.03 Å². The lowest BCUT2D eigenvalue weighted by atomic mass is 10.1. The molecule has 2 rings (SSSR count). The second kappa shape index (κ2) is 8.99. The first-order valence-corrected chi connectivity index (χ1v) is 8.39. The summed E-state index contributed by atoms with van der Waals surface area (Å²) in [5, 5.41) is 5.00. The van der Waals surface area contributed by atoms with E-state index in [1.165, 1.54) is 24.3 Å². The molecule has 2 amide bonds. The molecular formula is C19H18F6N2O.